The van der Waals surface area contributed by atoms with Crippen LogP contribution in [0.2, 0.25) is 0 Å². The molecule has 0 unspecified atom stereocenters. The number of methoxy groups -OCH3 is 2. The summed E-state index contributed by atoms with van der Waals surface area (Å²) in [5.41, 5.74) is 7.54. The van der Waals surface area contributed by atoms with E-state index >= 15 is 0 Å². The second-order valence-corrected chi connectivity index (χ2v) is 4.21. The Balaban J connectivity index is 2.67. The fraction of sp³-hybridized carbons (Fsp3) is 0.200. The van der Waals surface area contributed by atoms with Gasteiger partial charge in [0.15, 0.2) is 23.1 Å². The second kappa shape index (κ2) is 5.88. The number of hydrogen-bond acceptors (Lipinski definition) is 3. The molecule has 0 saturated heterocycles. The van der Waals surface area contributed by atoms with E-state index in [0.717, 1.165) is 17.7 Å². The SMILES string of the molecule is COc1cc(CN)cc(-c2ccc(F)c(F)c2)c1OC. The van der Waals surface area contributed by atoms with Gasteiger partial charge in [-0.2, -0.15) is 0 Å². The van der Waals surface area contributed by atoms with E-state index in [4.69, 9.17) is 15.2 Å². The van der Waals surface area contributed by atoms with Crippen molar-refractivity contribution in [3.05, 3.63) is 47.5 Å². The molecule has 0 heterocycles. The lowest BCUT2D eigenvalue weighted by Gasteiger charge is -2.15. The Hall–Kier alpha value is -2.14. The van der Waals surface area contributed by atoms with Crippen molar-refractivity contribution < 1.29 is 18.3 Å². The van der Waals surface area contributed by atoms with E-state index in [9.17, 15) is 8.78 Å². The number of hydrogen-bond donors (Lipinski definition) is 1. The molecule has 2 N–H and O–H groups in total. The molecular weight excluding hydrogens is 264 g/mol. The third-order valence-corrected chi connectivity index (χ3v) is 3.00. The van der Waals surface area contributed by atoms with Crippen molar-refractivity contribution in [2.45, 2.75) is 6.54 Å². The summed E-state index contributed by atoms with van der Waals surface area (Å²) >= 11 is 0. The first-order chi connectivity index (χ1) is 9.60. The van der Waals surface area contributed by atoms with E-state index in [-0.39, 0.29) is 0 Å². The molecule has 0 aromatic heterocycles. The number of benzene rings is 2. The summed E-state index contributed by atoms with van der Waals surface area (Å²) in [6.07, 6.45) is 0. The molecule has 0 atom stereocenters. The molecule has 0 aliphatic carbocycles. The number of halogens is 2. The van der Waals surface area contributed by atoms with Gasteiger partial charge in [0.2, 0.25) is 0 Å². The van der Waals surface area contributed by atoms with Crippen LogP contribution in [-0.4, -0.2) is 14.2 Å². The van der Waals surface area contributed by atoms with Crippen LogP contribution in [-0.2, 0) is 6.54 Å². The Morgan fingerprint density at radius 2 is 1.75 bits per heavy atom. The van der Waals surface area contributed by atoms with Gasteiger partial charge in [-0.3, -0.25) is 0 Å². The number of nitrogens with two attached hydrogens (primary N) is 1. The van der Waals surface area contributed by atoms with Crippen molar-refractivity contribution in [2.24, 2.45) is 5.73 Å². The first-order valence-electron chi connectivity index (χ1n) is 6.01. The van der Waals surface area contributed by atoms with Gasteiger partial charge in [-0.15, -0.1) is 0 Å². The van der Waals surface area contributed by atoms with Crippen molar-refractivity contribution >= 4 is 0 Å². The molecule has 20 heavy (non-hydrogen) atoms. The third-order valence-electron chi connectivity index (χ3n) is 3.00. The Labute approximate surface area is 115 Å². The van der Waals surface area contributed by atoms with E-state index in [2.05, 4.69) is 0 Å². The molecule has 0 saturated carbocycles. The Bertz CT molecular complexity index is 630. The topological polar surface area (TPSA) is 44.5 Å². The van der Waals surface area contributed by atoms with E-state index < -0.39 is 11.6 Å². The summed E-state index contributed by atoms with van der Waals surface area (Å²) in [7, 11) is 3.00. The fourth-order valence-electron chi connectivity index (χ4n) is 2.02. The highest BCUT2D eigenvalue weighted by Crippen LogP contribution is 2.39. The van der Waals surface area contributed by atoms with Crippen LogP contribution in [0, 0.1) is 11.6 Å². The molecule has 0 aliphatic rings. The molecule has 2 aromatic carbocycles. The lowest BCUT2D eigenvalue weighted by Crippen LogP contribution is -2.00. The summed E-state index contributed by atoms with van der Waals surface area (Å²) < 4.78 is 37.0. The minimum Gasteiger partial charge on any atom is -0.493 e. The lowest BCUT2D eigenvalue weighted by atomic mass is 10.0. The minimum atomic E-state index is -0.915. The van der Waals surface area contributed by atoms with Gasteiger partial charge in [-0.1, -0.05) is 6.07 Å². The van der Waals surface area contributed by atoms with Crippen LogP contribution in [0.4, 0.5) is 8.78 Å². The zero-order valence-electron chi connectivity index (χ0n) is 11.2. The van der Waals surface area contributed by atoms with Gasteiger partial charge >= 0.3 is 0 Å². The summed E-state index contributed by atoms with van der Waals surface area (Å²) in [6, 6.07) is 7.20. The highest BCUT2D eigenvalue weighted by Gasteiger charge is 2.15. The first-order valence-corrected chi connectivity index (χ1v) is 6.01. The van der Waals surface area contributed by atoms with Crippen molar-refractivity contribution in [1.29, 1.82) is 0 Å². The van der Waals surface area contributed by atoms with Gasteiger partial charge in [0, 0.05) is 12.1 Å². The molecule has 0 amide bonds. The predicted octanol–water partition coefficient (Wildman–Crippen LogP) is 3.11. The molecule has 0 aliphatic heterocycles. The smallest absolute Gasteiger partial charge is 0.168 e. The molecule has 0 spiro atoms. The Kier molecular flexibility index (Phi) is 4.20. The molecule has 0 radical (unpaired) electrons. The van der Waals surface area contributed by atoms with Gasteiger partial charge in [-0.25, -0.2) is 8.78 Å². The maximum absolute atomic E-state index is 13.4. The molecule has 0 fully saturated rings. The van der Waals surface area contributed by atoms with Crippen LogP contribution in [0.15, 0.2) is 30.3 Å². The number of rotatable bonds is 4. The monoisotopic (exact) mass is 279 g/mol. The van der Waals surface area contributed by atoms with E-state index in [0.29, 0.717) is 29.2 Å². The standard InChI is InChI=1S/C15H15F2NO2/c1-19-14-6-9(8-18)5-11(15(14)20-2)10-3-4-12(16)13(17)7-10/h3-7H,8,18H2,1-2H3. The number of ether oxygens (including phenoxy) is 2. The largest absolute Gasteiger partial charge is 0.493 e. The van der Waals surface area contributed by atoms with Crippen molar-refractivity contribution in [2.75, 3.05) is 14.2 Å². The highest BCUT2D eigenvalue weighted by atomic mass is 19.2. The fourth-order valence-corrected chi connectivity index (χ4v) is 2.02. The summed E-state index contributed by atoms with van der Waals surface area (Å²) in [5.74, 6) is -0.859. The quantitative estimate of drug-likeness (QED) is 0.935. The van der Waals surface area contributed by atoms with Gasteiger partial charge < -0.3 is 15.2 Å². The van der Waals surface area contributed by atoms with Gasteiger partial charge in [-0.05, 0) is 35.4 Å². The van der Waals surface area contributed by atoms with Crippen LogP contribution >= 0.6 is 0 Å². The van der Waals surface area contributed by atoms with Gasteiger partial charge in [0.25, 0.3) is 0 Å². The average molecular weight is 279 g/mol. The summed E-state index contributed by atoms with van der Waals surface area (Å²) in [6.45, 7) is 0.303. The van der Waals surface area contributed by atoms with Crippen LogP contribution < -0.4 is 15.2 Å². The minimum absolute atomic E-state index is 0.303. The predicted molar refractivity (Wildman–Crippen MR) is 72.8 cm³/mol. The zero-order valence-corrected chi connectivity index (χ0v) is 11.2. The molecule has 5 heteroatoms. The van der Waals surface area contributed by atoms with Crippen LogP contribution in [0.5, 0.6) is 11.5 Å². The van der Waals surface area contributed by atoms with Crippen molar-refractivity contribution in [1.82, 2.24) is 0 Å². The maximum Gasteiger partial charge on any atom is 0.168 e. The maximum atomic E-state index is 13.4. The average Bonchev–Trinajstić information content (AvgIpc) is 2.48. The Morgan fingerprint density at radius 3 is 2.30 bits per heavy atom. The van der Waals surface area contributed by atoms with Crippen molar-refractivity contribution in [3.63, 3.8) is 0 Å². The molecular formula is C15H15F2NO2. The Morgan fingerprint density at radius 1 is 1.00 bits per heavy atom. The normalized spacial score (nSPS) is 10.4. The van der Waals surface area contributed by atoms with Crippen LogP contribution in [0.25, 0.3) is 11.1 Å². The van der Waals surface area contributed by atoms with Crippen molar-refractivity contribution in [3.8, 4) is 22.6 Å². The van der Waals surface area contributed by atoms with Crippen LogP contribution in [0.3, 0.4) is 0 Å². The van der Waals surface area contributed by atoms with Gasteiger partial charge in [0.05, 0.1) is 14.2 Å². The van der Waals surface area contributed by atoms with E-state index in [1.54, 1.807) is 12.1 Å². The third kappa shape index (κ3) is 2.58. The summed E-state index contributed by atoms with van der Waals surface area (Å²) in [5, 5.41) is 0. The van der Waals surface area contributed by atoms with E-state index in [1.807, 2.05) is 0 Å². The summed E-state index contributed by atoms with van der Waals surface area (Å²) in [4.78, 5) is 0. The second-order valence-electron chi connectivity index (χ2n) is 4.21. The van der Waals surface area contributed by atoms with Gasteiger partial charge in [0.1, 0.15) is 0 Å². The van der Waals surface area contributed by atoms with Crippen LogP contribution in [0.1, 0.15) is 5.56 Å². The zero-order chi connectivity index (χ0) is 14.7. The molecule has 3 nitrogen and oxygen atoms in total. The molecule has 2 aromatic rings. The highest BCUT2D eigenvalue weighted by molar-refractivity contribution is 5.75. The lowest BCUT2D eigenvalue weighted by molar-refractivity contribution is 0.355. The molecule has 106 valence electrons. The van der Waals surface area contributed by atoms with E-state index in [1.165, 1.54) is 20.3 Å². The molecule has 0 bridgehead atoms. The first kappa shape index (κ1) is 14.3. The molecule has 2 rings (SSSR count).